The lowest BCUT2D eigenvalue weighted by molar-refractivity contribution is -0.137. The van der Waals surface area contributed by atoms with Gasteiger partial charge in [-0.15, -0.1) is 0 Å². The Morgan fingerprint density at radius 2 is 1.62 bits per heavy atom. The molecule has 0 aliphatic carbocycles. The maximum atomic E-state index is 13.7. The zero-order valence-electron chi connectivity index (χ0n) is 27.0. The number of aromatic nitrogens is 5. The van der Waals surface area contributed by atoms with Crippen molar-refractivity contribution >= 4 is 50.2 Å². The summed E-state index contributed by atoms with van der Waals surface area (Å²) < 4.78 is 70.4. The predicted octanol–water partition coefficient (Wildman–Crippen LogP) is 6.72. The summed E-state index contributed by atoms with van der Waals surface area (Å²) in [5.41, 5.74) is 1.55. The molecule has 0 saturated carbocycles. The molecule has 0 bridgehead atoms. The number of imidazole rings is 1. The minimum absolute atomic E-state index is 0.0611. The molecule has 12 nitrogen and oxygen atoms in total. The van der Waals surface area contributed by atoms with Gasteiger partial charge in [0.2, 0.25) is 0 Å². The van der Waals surface area contributed by atoms with Crippen LogP contribution in [-0.4, -0.2) is 50.9 Å². The number of rotatable bonds is 7. The van der Waals surface area contributed by atoms with Crippen LogP contribution in [0.2, 0.25) is 0 Å². The average Bonchev–Trinajstić information content (AvgIpc) is 3.72. The van der Waals surface area contributed by atoms with Crippen LogP contribution in [0.25, 0.3) is 16.7 Å². The van der Waals surface area contributed by atoms with Gasteiger partial charge in [-0.2, -0.15) is 13.2 Å². The molecule has 0 atom stereocenters. The van der Waals surface area contributed by atoms with Crippen LogP contribution in [0.1, 0.15) is 32.7 Å². The Morgan fingerprint density at radius 1 is 0.880 bits per heavy atom. The van der Waals surface area contributed by atoms with Crippen molar-refractivity contribution < 1.29 is 31.2 Å². The second-order valence-corrected chi connectivity index (χ2v) is 13.3. The molecule has 6 rings (SSSR count). The summed E-state index contributed by atoms with van der Waals surface area (Å²) >= 11 is 0. The van der Waals surface area contributed by atoms with E-state index in [1.54, 1.807) is 38.2 Å². The number of amides is 3. The van der Waals surface area contributed by atoms with Crippen molar-refractivity contribution in [3.8, 4) is 5.69 Å². The molecule has 3 aromatic heterocycles. The summed E-state index contributed by atoms with van der Waals surface area (Å²) in [7, 11) is -2.57. The molecule has 0 fully saturated rings. The second kappa shape index (κ2) is 12.8. The quantitative estimate of drug-likeness (QED) is 0.188. The van der Waals surface area contributed by atoms with Crippen molar-refractivity contribution in [3.05, 3.63) is 120 Å². The highest BCUT2D eigenvalue weighted by molar-refractivity contribution is 7.90. The molecule has 0 unspecified atom stereocenters. The molecule has 2 N–H and O–H groups in total. The zero-order valence-corrected chi connectivity index (χ0v) is 27.8. The van der Waals surface area contributed by atoms with E-state index in [2.05, 4.69) is 25.6 Å². The lowest BCUT2D eigenvalue weighted by Gasteiger charge is -2.19. The Balaban J connectivity index is 1.24. The highest BCUT2D eigenvalue weighted by atomic mass is 32.2. The van der Waals surface area contributed by atoms with E-state index >= 15 is 0 Å². The van der Waals surface area contributed by atoms with E-state index in [4.69, 9.17) is 0 Å². The molecule has 3 heterocycles. The van der Waals surface area contributed by atoms with Gasteiger partial charge in [0.05, 0.1) is 27.9 Å². The third kappa shape index (κ3) is 6.64. The van der Waals surface area contributed by atoms with Crippen LogP contribution in [0, 0.1) is 20.8 Å². The van der Waals surface area contributed by atoms with E-state index < -0.39 is 33.7 Å². The fraction of sp³-hybridized carbons (Fsp3) is 0.147. The molecule has 50 heavy (non-hydrogen) atoms. The molecule has 0 saturated heterocycles. The summed E-state index contributed by atoms with van der Waals surface area (Å²) in [4.78, 5) is 40.4. The van der Waals surface area contributed by atoms with Gasteiger partial charge in [0, 0.05) is 42.1 Å². The van der Waals surface area contributed by atoms with Gasteiger partial charge in [0.15, 0.2) is 5.65 Å². The van der Waals surface area contributed by atoms with Crippen molar-refractivity contribution in [1.82, 2.24) is 23.5 Å². The molecule has 0 aliphatic heterocycles. The standard InChI is InChI=1S/C34H29F3N8O4S/c1-20-5-9-27(10-6-20)50(48,49)45-12-11-28-30(38-18-39-31(28)45)43(4)33(47)42-29-13-23(8-7-21(29)2)32(46)41-25-14-24(34(35,36)37)15-26(16-25)44-17-22(3)40-19-44/h5-19H,1-4H3,(H,41,46)(H,42,47). The van der Waals surface area contributed by atoms with Crippen LogP contribution < -0.4 is 15.5 Å². The van der Waals surface area contributed by atoms with Gasteiger partial charge in [-0.3, -0.25) is 9.69 Å². The first-order valence-corrected chi connectivity index (χ1v) is 16.4. The van der Waals surface area contributed by atoms with E-state index in [1.807, 2.05) is 6.92 Å². The highest BCUT2D eigenvalue weighted by Crippen LogP contribution is 2.33. The summed E-state index contributed by atoms with van der Waals surface area (Å²) in [5.74, 6) is -0.597. The van der Waals surface area contributed by atoms with Crippen molar-refractivity contribution in [2.24, 2.45) is 0 Å². The molecular formula is C34H29F3N8O4S. The van der Waals surface area contributed by atoms with E-state index in [0.717, 1.165) is 28.0 Å². The van der Waals surface area contributed by atoms with Gasteiger partial charge in [0.25, 0.3) is 15.9 Å². The summed E-state index contributed by atoms with van der Waals surface area (Å²) in [6, 6.07) is 14.8. The van der Waals surface area contributed by atoms with Gasteiger partial charge in [-0.1, -0.05) is 23.8 Å². The van der Waals surface area contributed by atoms with Crippen LogP contribution in [0.5, 0.6) is 0 Å². The largest absolute Gasteiger partial charge is 0.416 e. The van der Waals surface area contributed by atoms with E-state index in [0.29, 0.717) is 11.3 Å². The number of urea groups is 1. The molecule has 256 valence electrons. The van der Waals surface area contributed by atoms with Gasteiger partial charge in [-0.05, 0) is 74.9 Å². The Kier molecular flexibility index (Phi) is 8.65. The molecule has 6 aromatic rings. The van der Waals surface area contributed by atoms with Crippen LogP contribution in [0.3, 0.4) is 0 Å². The molecular weight excluding hydrogens is 673 g/mol. The molecule has 0 aliphatic rings. The van der Waals surface area contributed by atoms with Crippen molar-refractivity contribution in [1.29, 1.82) is 0 Å². The lowest BCUT2D eigenvalue weighted by atomic mass is 10.1. The Labute approximate surface area is 284 Å². The number of benzene rings is 3. The number of alkyl halides is 3. The summed E-state index contributed by atoms with van der Waals surface area (Å²) in [5, 5.41) is 5.53. The fourth-order valence-electron chi connectivity index (χ4n) is 5.15. The first-order chi connectivity index (χ1) is 23.6. The molecule has 0 radical (unpaired) electrons. The number of carbonyl (C=O) groups excluding carboxylic acids is 2. The van der Waals surface area contributed by atoms with Gasteiger partial charge in [0.1, 0.15) is 12.1 Å². The maximum absolute atomic E-state index is 13.7. The van der Waals surface area contributed by atoms with E-state index in [-0.39, 0.29) is 44.4 Å². The van der Waals surface area contributed by atoms with Gasteiger partial charge < -0.3 is 15.2 Å². The minimum atomic E-state index is -4.67. The summed E-state index contributed by atoms with van der Waals surface area (Å²) in [6.07, 6.45) is 0.734. The zero-order chi connectivity index (χ0) is 36.0. The van der Waals surface area contributed by atoms with Crippen LogP contribution in [-0.2, 0) is 16.2 Å². The number of aryl methyl sites for hydroxylation is 3. The average molecular weight is 703 g/mol. The first kappa shape index (κ1) is 33.9. The molecule has 3 amide bonds. The number of hydrogen-bond acceptors (Lipinski definition) is 7. The van der Waals surface area contributed by atoms with Crippen LogP contribution >= 0.6 is 0 Å². The topological polar surface area (TPSA) is 144 Å². The monoisotopic (exact) mass is 702 g/mol. The summed E-state index contributed by atoms with van der Waals surface area (Å²) in [6.45, 7) is 5.24. The number of carbonyl (C=O) groups is 2. The molecule has 0 spiro atoms. The Morgan fingerprint density at radius 3 is 2.30 bits per heavy atom. The first-order valence-electron chi connectivity index (χ1n) is 15.0. The second-order valence-electron chi connectivity index (χ2n) is 11.5. The molecule has 3 aromatic carbocycles. The predicted molar refractivity (Wildman–Crippen MR) is 181 cm³/mol. The highest BCUT2D eigenvalue weighted by Gasteiger charge is 2.32. The van der Waals surface area contributed by atoms with Crippen molar-refractivity contribution in [2.75, 3.05) is 22.6 Å². The number of nitrogens with zero attached hydrogens (tertiary/aromatic N) is 6. The van der Waals surface area contributed by atoms with Crippen LogP contribution in [0.4, 0.5) is 35.2 Å². The number of anilines is 3. The SMILES string of the molecule is Cc1ccc(S(=O)(=O)n2ccc3c(N(C)C(=O)Nc4cc(C(=O)Nc5cc(-n6cnc(C)c6)cc(C(F)(F)F)c5)ccc4C)ncnc32)cc1. The minimum Gasteiger partial charge on any atom is -0.322 e. The normalized spacial score (nSPS) is 11.8. The number of nitrogens with one attached hydrogen (secondary N) is 2. The Bertz CT molecular complexity index is 2390. The van der Waals surface area contributed by atoms with E-state index in [1.165, 1.54) is 65.4 Å². The van der Waals surface area contributed by atoms with Gasteiger partial charge in [-0.25, -0.2) is 32.1 Å². The van der Waals surface area contributed by atoms with E-state index in [9.17, 15) is 31.2 Å². The number of halogens is 3. The number of hydrogen-bond donors (Lipinski definition) is 2. The lowest BCUT2D eigenvalue weighted by Crippen LogP contribution is -2.32. The van der Waals surface area contributed by atoms with Crippen molar-refractivity contribution in [3.63, 3.8) is 0 Å². The van der Waals surface area contributed by atoms with Gasteiger partial charge >= 0.3 is 12.2 Å². The smallest absolute Gasteiger partial charge is 0.322 e. The molecule has 16 heteroatoms. The van der Waals surface area contributed by atoms with Crippen LogP contribution in [0.15, 0.2) is 96.7 Å². The maximum Gasteiger partial charge on any atom is 0.416 e. The third-order valence-electron chi connectivity index (χ3n) is 7.88. The third-order valence-corrected chi connectivity index (χ3v) is 9.56. The fourth-order valence-corrected chi connectivity index (χ4v) is 6.46. The van der Waals surface area contributed by atoms with Crippen molar-refractivity contribution in [2.45, 2.75) is 31.8 Å². The Hall–Kier alpha value is -6.03. The number of fused-ring (bicyclic) bond motifs is 1.